The predicted octanol–water partition coefficient (Wildman–Crippen LogP) is 3.38. The number of alkyl halides is 3. The molecule has 4 nitrogen and oxygen atoms in total. The molecule has 2 aromatic rings. The molecule has 9 heteroatoms. The Balaban J connectivity index is 2.86. The third-order valence-corrected chi connectivity index (χ3v) is 3.57. The molecule has 0 fully saturated rings. The molecule has 0 radical (unpaired) electrons. The first-order valence-corrected chi connectivity index (χ1v) is 6.57. The van der Waals surface area contributed by atoms with Crippen LogP contribution in [0, 0.1) is 6.92 Å². The highest BCUT2D eigenvalue weighted by Gasteiger charge is 2.35. The minimum atomic E-state index is -4.64. The molecule has 2 rings (SSSR count). The predicted molar refractivity (Wildman–Crippen MR) is 74.5 cm³/mol. The average Bonchev–Trinajstić information content (AvgIpc) is 2.61. The van der Waals surface area contributed by atoms with Crippen molar-refractivity contribution < 1.29 is 13.2 Å². The Labute approximate surface area is 127 Å². The summed E-state index contributed by atoms with van der Waals surface area (Å²) >= 11 is 11.2. The Morgan fingerprint density at radius 1 is 1.48 bits per heavy atom. The van der Waals surface area contributed by atoms with Crippen LogP contribution in [-0.4, -0.2) is 14.3 Å². The molecule has 21 heavy (non-hydrogen) atoms. The molecule has 0 amide bonds. The number of rotatable bonds is 2. The van der Waals surface area contributed by atoms with Crippen molar-refractivity contribution in [3.8, 4) is 0 Å². The zero-order valence-corrected chi connectivity index (χ0v) is 12.5. The van der Waals surface area contributed by atoms with Crippen LogP contribution in [0.4, 0.5) is 13.2 Å². The van der Waals surface area contributed by atoms with Gasteiger partial charge < -0.3 is 0 Å². The Morgan fingerprint density at radius 3 is 2.62 bits per heavy atom. The molecule has 0 bridgehead atoms. The van der Waals surface area contributed by atoms with Crippen LogP contribution in [0.15, 0.2) is 21.4 Å². The third kappa shape index (κ3) is 2.80. The molecule has 114 valence electrons. The van der Waals surface area contributed by atoms with Crippen molar-refractivity contribution in [1.29, 1.82) is 0 Å². The minimum Gasteiger partial charge on any atom is -0.268 e. The first-order chi connectivity index (χ1) is 9.66. The summed E-state index contributed by atoms with van der Waals surface area (Å²) in [6.45, 7) is 1.30. The fourth-order valence-corrected chi connectivity index (χ4v) is 2.24. The van der Waals surface area contributed by atoms with E-state index >= 15 is 0 Å². The van der Waals surface area contributed by atoms with E-state index in [9.17, 15) is 18.0 Å². The first-order valence-electron chi connectivity index (χ1n) is 5.76. The highest BCUT2D eigenvalue weighted by atomic mass is 35.5. The van der Waals surface area contributed by atoms with Gasteiger partial charge in [0.1, 0.15) is 0 Å². The molecule has 0 saturated heterocycles. The first kappa shape index (κ1) is 15.9. The molecule has 0 atom stereocenters. The minimum absolute atomic E-state index is 0.0497. The van der Waals surface area contributed by atoms with Gasteiger partial charge in [-0.1, -0.05) is 23.2 Å². The van der Waals surface area contributed by atoms with E-state index in [4.69, 9.17) is 23.2 Å². The molecule has 2 aromatic heterocycles. The number of allylic oxidation sites excluding steroid dienone is 1. The zero-order valence-electron chi connectivity index (χ0n) is 11.0. The van der Waals surface area contributed by atoms with Gasteiger partial charge in [-0.15, -0.1) is 0 Å². The van der Waals surface area contributed by atoms with Crippen molar-refractivity contribution in [3.05, 3.63) is 38.2 Å². The second-order valence-electron chi connectivity index (χ2n) is 4.45. The van der Waals surface area contributed by atoms with Crippen molar-refractivity contribution in [2.24, 2.45) is 7.05 Å². The number of halogens is 5. The summed E-state index contributed by atoms with van der Waals surface area (Å²) in [4.78, 5) is 16.3. The van der Waals surface area contributed by atoms with E-state index in [1.54, 1.807) is 0 Å². The zero-order chi connectivity index (χ0) is 15.9. The summed E-state index contributed by atoms with van der Waals surface area (Å²) in [5.74, 6) is 0. The van der Waals surface area contributed by atoms with Gasteiger partial charge in [0.2, 0.25) is 0 Å². The van der Waals surface area contributed by atoms with Crippen LogP contribution in [0.1, 0.15) is 11.3 Å². The maximum Gasteiger partial charge on any atom is 0.417 e. The summed E-state index contributed by atoms with van der Waals surface area (Å²) in [5, 5.41) is -0.357. The maximum atomic E-state index is 13.1. The average molecular weight is 340 g/mol. The molecule has 0 aromatic carbocycles. The number of aromatic nitrogens is 3. The molecular formula is C12H10Cl2F3N3O. The SMILES string of the molecule is Cc1cc(C(F)(F)F)c2c(=O)n(C/C(Cl)=C/Cl)n(C)c2n1. The lowest BCUT2D eigenvalue weighted by Gasteiger charge is -2.08. The van der Waals surface area contributed by atoms with Crippen LogP contribution < -0.4 is 5.56 Å². The molecule has 0 aliphatic rings. The van der Waals surface area contributed by atoms with E-state index in [-0.39, 0.29) is 22.9 Å². The second kappa shape index (κ2) is 5.38. The van der Waals surface area contributed by atoms with Crippen LogP contribution in [0.5, 0.6) is 0 Å². The fraction of sp³-hybridized carbons (Fsp3) is 0.333. The van der Waals surface area contributed by atoms with Crippen molar-refractivity contribution in [2.45, 2.75) is 19.6 Å². The standard InChI is InChI=1S/C12H10Cl2F3N3O/c1-6-3-8(12(15,16)17)9-10(18-6)19(2)20(11(9)21)5-7(14)4-13/h3-4H,5H2,1-2H3/b7-4-. The summed E-state index contributed by atoms with van der Waals surface area (Å²) in [6, 6.07) is 0.854. The molecule has 2 heterocycles. The van der Waals surface area contributed by atoms with Gasteiger partial charge in [-0.25, -0.2) is 9.67 Å². The van der Waals surface area contributed by atoms with Crippen molar-refractivity contribution in [1.82, 2.24) is 14.3 Å². The Hall–Kier alpha value is -1.47. The van der Waals surface area contributed by atoms with Crippen LogP contribution in [0.3, 0.4) is 0 Å². The monoisotopic (exact) mass is 339 g/mol. The van der Waals surface area contributed by atoms with Crippen LogP contribution in [-0.2, 0) is 19.8 Å². The number of hydrogen-bond donors (Lipinski definition) is 0. The number of aryl methyl sites for hydroxylation is 2. The molecule has 0 unspecified atom stereocenters. The number of nitrogens with zero attached hydrogens (tertiary/aromatic N) is 3. The number of pyridine rings is 1. The quantitative estimate of drug-likeness (QED) is 0.841. The molecule has 0 aliphatic carbocycles. The highest BCUT2D eigenvalue weighted by molar-refractivity contribution is 6.36. The normalized spacial score (nSPS) is 13.2. The largest absolute Gasteiger partial charge is 0.417 e. The smallest absolute Gasteiger partial charge is 0.268 e. The van der Waals surface area contributed by atoms with Crippen molar-refractivity contribution in [2.75, 3.05) is 0 Å². The van der Waals surface area contributed by atoms with Gasteiger partial charge >= 0.3 is 6.18 Å². The van der Waals surface area contributed by atoms with E-state index in [0.29, 0.717) is 0 Å². The molecular weight excluding hydrogens is 330 g/mol. The molecule has 0 saturated carbocycles. The van der Waals surface area contributed by atoms with Gasteiger partial charge in [0.25, 0.3) is 5.56 Å². The van der Waals surface area contributed by atoms with E-state index in [0.717, 1.165) is 16.3 Å². The molecule has 0 N–H and O–H groups in total. The van der Waals surface area contributed by atoms with Gasteiger partial charge in [0.15, 0.2) is 5.65 Å². The van der Waals surface area contributed by atoms with E-state index in [1.165, 1.54) is 18.7 Å². The van der Waals surface area contributed by atoms with Crippen LogP contribution in [0.25, 0.3) is 11.0 Å². The van der Waals surface area contributed by atoms with Gasteiger partial charge in [-0.05, 0) is 13.0 Å². The van der Waals surface area contributed by atoms with Gasteiger partial charge in [0.05, 0.1) is 22.5 Å². The van der Waals surface area contributed by atoms with Gasteiger partial charge in [-0.3, -0.25) is 9.48 Å². The Bertz CT molecular complexity index is 790. The fourth-order valence-electron chi connectivity index (χ4n) is 2.06. The lowest BCUT2D eigenvalue weighted by Crippen LogP contribution is -2.22. The van der Waals surface area contributed by atoms with Crippen molar-refractivity contribution >= 4 is 34.2 Å². The summed E-state index contributed by atoms with van der Waals surface area (Å²) in [5.41, 5.74) is -0.651. The second-order valence-corrected chi connectivity index (χ2v) is 5.15. The van der Waals surface area contributed by atoms with E-state index in [2.05, 4.69) is 4.98 Å². The number of fused-ring (bicyclic) bond motifs is 1. The van der Waals surface area contributed by atoms with E-state index < -0.39 is 22.7 Å². The molecule has 0 spiro atoms. The summed E-state index contributed by atoms with van der Waals surface area (Å²) in [7, 11) is 1.44. The van der Waals surface area contributed by atoms with Crippen LogP contribution in [0.2, 0.25) is 0 Å². The van der Waals surface area contributed by atoms with Gasteiger partial charge in [0, 0.05) is 18.3 Å². The Morgan fingerprint density at radius 2 is 2.10 bits per heavy atom. The summed E-state index contributed by atoms with van der Waals surface area (Å²) < 4.78 is 41.6. The van der Waals surface area contributed by atoms with E-state index in [1.807, 2.05) is 0 Å². The van der Waals surface area contributed by atoms with Crippen molar-refractivity contribution in [3.63, 3.8) is 0 Å². The lowest BCUT2D eigenvalue weighted by molar-refractivity contribution is -0.136. The maximum absolute atomic E-state index is 13.1. The Kier molecular flexibility index (Phi) is 4.08. The topological polar surface area (TPSA) is 39.8 Å². The summed E-state index contributed by atoms with van der Waals surface area (Å²) in [6.07, 6.45) is -4.64. The van der Waals surface area contributed by atoms with Gasteiger partial charge in [-0.2, -0.15) is 13.2 Å². The third-order valence-electron chi connectivity index (χ3n) is 2.97. The van der Waals surface area contributed by atoms with Crippen LogP contribution >= 0.6 is 23.2 Å². The lowest BCUT2D eigenvalue weighted by atomic mass is 10.1. The highest BCUT2D eigenvalue weighted by Crippen LogP contribution is 2.33. The molecule has 0 aliphatic heterocycles. The number of hydrogen-bond acceptors (Lipinski definition) is 2.